The van der Waals surface area contributed by atoms with Crippen LogP contribution in [0.1, 0.15) is 46.5 Å². The lowest BCUT2D eigenvalue weighted by atomic mass is 10.1. The van der Waals surface area contributed by atoms with Gasteiger partial charge in [0.25, 0.3) is 0 Å². The van der Waals surface area contributed by atoms with Crippen molar-refractivity contribution < 1.29 is 4.74 Å². The first kappa shape index (κ1) is 10.9. The molecule has 0 rings (SSSR count). The maximum atomic E-state index is 5.33. The van der Waals surface area contributed by atoms with Crippen LogP contribution in [0.3, 0.4) is 0 Å². The molecule has 0 bridgehead atoms. The maximum absolute atomic E-state index is 5.33. The standard InChI is InChI=1S/C9H18OS/c1-4-5-6-7-8(2)10-9(3)11/h8H,4-7H2,1-3H3. The van der Waals surface area contributed by atoms with E-state index in [1.807, 2.05) is 6.92 Å². The van der Waals surface area contributed by atoms with Crippen molar-refractivity contribution >= 4 is 17.3 Å². The average molecular weight is 174 g/mol. The second-order valence-electron chi connectivity index (χ2n) is 2.92. The summed E-state index contributed by atoms with van der Waals surface area (Å²) < 4.78 is 5.33. The van der Waals surface area contributed by atoms with Gasteiger partial charge in [-0.3, -0.25) is 0 Å². The molecule has 0 saturated carbocycles. The monoisotopic (exact) mass is 174 g/mol. The first-order valence-electron chi connectivity index (χ1n) is 4.34. The highest BCUT2D eigenvalue weighted by atomic mass is 32.1. The molecule has 0 aliphatic rings. The first-order valence-corrected chi connectivity index (χ1v) is 4.74. The van der Waals surface area contributed by atoms with Gasteiger partial charge in [0.05, 0.1) is 6.10 Å². The zero-order valence-electron chi connectivity index (χ0n) is 7.72. The quantitative estimate of drug-likeness (QED) is 0.467. The van der Waals surface area contributed by atoms with E-state index in [1.165, 1.54) is 19.3 Å². The van der Waals surface area contributed by atoms with Gasteiger partial charge in [-0.05, 0) is 32.0 Å². The van der Waals surface area contributed by atoms with Crippen molar-refractivity contribution in [1.82, 2.24) is 0 Å². The van der Waals surface area contributed by atoms with Gasteiger partial charge < -0.3 is 4.74 Å². The second kappa shape index (κ2) is 6.59. The van der Waals surface area contributed by atoms with Crippen molar-refractivity contribution in [1.29, 1.82) is 0 Å². The van der Waals surface area contributed by atoms with E-state index >= 15 is 0 Å². The van der Waals surface area contributed by atoms with Gasteiger partial charge in [-0.1, -0.05) is 19.8 Å². The molecule has 0 amide bonds. The Balaban J connectivity index is 3.22. The molecule has 0 radical (unpaired) electrons. The molecule has 2 heteroatoms. The summed E-state index contributed by atoms with van der Waals surface area (Å²) in [6.45, 7) is 6.10. The molecule has 0 aliphatic heterocycles. The lowest BCUT2D eigenvalue weighted by molar-refractivity contribution is 0.198. The van der Waals surface area contributed by atoms with E-state index in [2.05, 4.69) is 13.8 Å². The van der Waals surface area contributed by atoms with Crippen molar-refractivity contribution in [2.45, 2.75) is 52.6 Å². The Morgan fingerprint density at radius 3 is 2.55 bits per heavy atom. The van der Waals surface area contributed by atoms with E-state index in [0.29, 0.717) is 11.2 Å². The van der Waals surface area contributed by atoms with Crippen LogP contribution >= 0.6 is 12.2 Å². The second-order valence-corrected chi connectivity index (χ2v) is 3.49. The van der Waals surface area contributed by atoms with Crippen molar-refractivity contribution in [3.63, 3.8) is 0 Å². The van der Waals surface area contributed by atoms with Gasteiger partial charge in [-0.2, -0.15) is 0 Å². The van der Waals surface area contributed by atoms with Gasteiger partial charge in [0.1, 0.15) is 0 Å². The van der Waals surface area contributed by atoms with Gasteiger partial charge in [0.15, 0.2) is 5.05 Å². The average Bonchev–Trinajstić information content (AvgIpc) is 1.86. The van der Waals surface area contributed by atoms with Crippen LogP contribution in [0, 0.1) is 0 Å². The summed E-state index contributed by atoms with van der Waals surface area (Å²) in [5.41, 5.74) is 0. The third kappa shape index (κ3) is 7.79. The molecule has 66 valence electrons. The highest BCUT2D eigenvalue weighted by Gasteiger charge is 2.01. The van der Waals surface area contributed by atoms with E-state index < -0.39 is 0 Å². The Bertz CT molecular complexity index is 112. The molecule has 1 unspecified atom stereocenters. The van der Waals surface area contributed by atoms with Crippen LogP contribution in [0.4, 0.5) is 0 Å². The number of unbranched alkanes of at least 4 members (excludes halogenated alkanes) is 2. The number of ether oxygens (including phenoxy) is 1. The molecule has 1 nitrogen and oxygen atoms in total. The molecule has 1 atom stereocenters. The van der Waals surface area contributed by atoms with Crippen LogP contribution in [0.15, 0.2) is 0 Å². The number of hydrogen-bond donors (Lipinski definition) is 0. The molecule has 0 fully saturated rings. The summed E-state index contributed by atoms with van der Waals surface area (Å²) in [6, 6.07) is 0. The molecule has 0 aromatic rings. The lowest BCUT2D eigenvalue weighted by Gasteiger charge is -2.12. The van der Waals surface area contributed by atoms with Crippen LogP contribution in [0.2, 0.25) is 0 Å². The summed E-state index contributed by atoms with van der Waals surface area (Å²) >= 11 is 4.83. The minimum Gasteiger partial charge on any atom is -0.485 e. The Kier molecular flexibility index (Phi) is 6.52. The van der Waals surface area contributed by atoms with Crippen LogP contribution in [-0.2, 0) is 4.74 Å². The molecule has 0 aromatic heterocycles. The fourth-order valence-corrected chi connectivity index (χ4v) is 1.19. The van der Waals surface area contributed by atoms with Crippen molar-refractivity contribution in [3.8, 4) is 0 Å². The van der Waals surface area contributed by atoms with Crippen LogP contribution in [0.5, 0.6) is 0 Å². The van der Waals surface area contributed by atoms with Gasteiger partial charge in [0.2, 0.25) is 0 Å². The third-order valence-corrected chi connectivity index (χ3v) is 1.68. The van der Waals surface area contributed by atoms with Gasteiger partial charge in [-0.15, -0.1) is 0 Å². The predicted octanol–water partition coefficient (Wildman–Crippen LogP) is 3.32. The maximum Gasteiger partial charge on any atom is 0.156 e. The lowest BCUT2D eigenvalue weighted by Crippen LogP contribution is -2.10. The minimum absolute atomic E-state index is 0.305. The van der Waals surface area contributed by atoms with Crippen LogP contribution < -0.4 is 0 Å². The van der Waals surface area contributed by atoms with Gasteiger partial charge >= 0.3 is 0 Å². The van der Waals surface area contributed by atoms with Crippen molar-refractivity contribution in [2.75, 3.05) is 0 Å². The zero-order chi connectivity index (χ0) is 8.69. The van der Waals surface area contributed by atoms with Crippen molar-refractivity contribution in [2.24, 2.45) is 0 Å². The van der Waals surface area contributed by atoms with Gasteiger partial charge in [0, 0.05) is 6.92 Å². The SMILES string of the molecule is CCCCCC(C)OC(C)=S. The van der Waals surface area contributed by atoms with Crippen LogP contribution in [0.25, 0.3) is 0 Å². The molecule has 0 aliphatic carbocycles. The summed E-state index contributed by atoms with van der Waals surface area (Å²) in [6.07, 6.45) is 5.24. The number of hydrogen-bond acceptors (Lipinski definition) is 2. The molecule has 0 spiro atoms. The van der Waals surface area contributed by atoms with E-state index in [4.69, 9.17) is 17.0 Å². The third-order valence-electron chi connectivity index (χ3n) is 1.58. The molecule has 0 heterocycles. The molecule has 0 aromatic carbocycles. The molecular formula is C9H18OS. The Morgan fingerprint density at radius 1 is 1.45 bits per heavy atom. The molecule has 11 heavy (non-hydrogen) atoms. The summed E-state index contributed by atoms with van der Waals surface area (Å²) in [5, 5.41) is 0.661. The smallest absolute Gasteiger partial charge is 0.156 e. The fourth-order valence-electron chi connectivity index (χ4n) is 1.02. The molecule has 0 saturated heterocycles. The van der Waals surface area contributed by atoms with Crippen molar-refractivity contribution in [3.05, 3.63) is 0 Å². The molecule has 0 N–H and O–H groups in total. The number of thiocarbonyl (C=S) groups is 1. The predicted molar refractivity (Wildman–Crippen MR) is 53.0 cm³/mol. The first-order chi connectivity index (χ1) is 5.16. The summed E-state index contributed by atoms with van der Waals surface area (Å²) in [4.78, 5) is 0. The largest absolute Gasteiger partial charge is 0.485 e. The highest BCUT2D eigenvalue weighted by Crippen LogP contribution is 2.06. The topological polar surface area (TPSA) is 9.23 Å². The zero-order valence-corrected chi connectivity index (χ0v) is 8.54. The van der Waals surface area contributed by atoms with E-state index in [-0.39, 0.29) is 0 Å². The fraction of sp³-hybridized carbons (Fsp3) is 0.889. The summed E-state index contributed by atoms with van der Waals surface area (Å²) in [7, 11) is 0. The molecular weight excluding hydrogens is 156 g/mol. The minimum atomic E-state index is 0.305. The van der Waals surface area contributed by atoms with E-state index in [9.17, 15) is 0 Å². The van der Waals surface area contributed by atoms with E-state index in [0.717, 1.165) is 6.42 Å². The summed E-state index contributed by atoms with van der Waals surface area (Å²) in [5.74, 6) is 0. The van der Waals surface area contributed by atoms with Crippen LogP contribution in [-0.4, -0.2) is 11.2 Å². The van der Waals surface area contributed by atoms with E-state index in [1.54, 1.807) is 0 Å². The normalized spacial score (nSPS) is 12.6. The highest BCUT2D eigenvalue weighted by molar-refractivity contribution is 7.80. The van der Waals surface area contributed by atoms with Gasteiger partial charge in [-0.25, -0.2) is 0 Å². The number of rotatable bonds is 5. The Labute approximate surface area is 75.1 Å². The Hall–Kier alpha value is -0.110. The Morgan fingerprint density at radius 2 is 2.09 bits per heavy atom.